The highest BCUT2D eigenvalue weighted by Gasteiger charge is 2.11. The number of amides is 1. The van der Waals surface area contributed by atoms with E-state index in [2.05, 4.69) is 0 Å². The maximum absolute atomic E-state index is 11.3. The number of rotatable bonds is 4. The van der Waals surface area contributed by atoms with Crippen molar-refractivity contribution in [3.05, 3.63) is 48.0 Å². The van der Waals surface area contributed by atoms with Gasteiger partial charge in [-0.1, -0.05) is 6.07 Å². The number of nitrogen functional groups attached to an aromatic ring is 1. The summed E-state index contributed by atoms with van der Waals surface area (Å²) in [4.78, 5) is 11.3. The fraction of sp³-hybridized carbons (Fsp3) is 0.0714. The Hall–Kier alpha value is -2.69. The molecule has 0 spiro atoms. The number of benzene rings is 2. The third kappa shape index (κ3) is 2.95. The van der Waals surface area contributed by atoms with Gasteiger partial charge in [0.15, 0.2) is 0 Å². The van der Waals surface area contributed by atoms with E-state index in [1.54, 1.807) is 43.5 Å². The zero-order valence-corrected chi connectivity index (χ0v) is 10.4. The predicted octanol–water partition coefficient (Wildman–Crippen LogP) is 2.17. The first-order valence-electron chi connectivity index (χ1n) is 5.61. The van der Waals surface area contributed by atoms with Crippen LogP contribution >= 0.6 is 0 Å². The van der Waals surface area contributed by atoms with Crippen LogP contribution in [0.2, 0.25) is 0 Å². The average Bonchev–Trinajstić information content (AvgIpc) is 2.38. The smallest absolute Gasteiger partial charge is 0.252 e. The van der Waals surface area contributed by atoms with Gasteiger partial charge in [0.2, 0.25) is 0 Å². The van der Waals surface area contributed by atoms with Gasteiger partial charge in [-0.3, -0.25) is 4.79 Å². The van der Waals surface area contributed by atoms with Crippen LogP contribution in [0.4, 0.5) is 5.69 Å². The van der Waals surface area contributed by atoms with E-state index >= 15 is 0 Å². The molecule has 0 unspecified atom stereocenters. The van der Waals surface area contributed by atoms with Crippen LogP contribution in [0.25, 0.3) is 0 Å². The van der Waals surface area contributed by atoms with Gasteiger partial charge in [-0.05, 0) is 24.3 Å². The zero-order valence-electron chi connectivity index (χ0n) is 10.4. The quantitative estimate of drug-likeness (QED) is 0.823. The van der Waals surface area contributed by atoms with E-state index in [1.807, 2.05) is 0 Å². The van der Waals surface area contributed by atoms with Gasteiger partial charge in [0, 0.05) is 17.8 Å². The standard InChI is InChI=1S/C14H14N2O3/c1-18-10-3-2-4-11(8-10)19-13-7-9(15)5-6-12(13)14(16)17/h2-8H,15H2,1H3,(H2,16,17). The molecule has 5 heteroatoms. The van der Waals surface area contributed by atoms with Gasteiger partial charge in [-0.2, -0.15) is 0 Å². The lowest BCUT2D eigenvalue weighted by Gasteiger charge is -2.10. The molecule has 1 amide bonds. The molecule has 98 valence electrons. The highest BCUT2D eigenvalue weighted by molar-refractivity contribution is 5.96. The van der Waals surface area contributed by atoms with Gasteiger partial charge in [-0.15, -0.1) is 0 Å². The molecule has 19 heavy (non-hydrogen) atoms. The van der Waals surface area contributed by atoms with E-state index in [-0.39, 0.29) is 5.56 Å². The van der Waals surface area contributed by atoms with E-state index in [4.69, 9.17) is 20.9 Å². The fourth-order valence-corrected chi connectivity index (χ4v) is 1.62. The summed E-state index contributed by atoms with van der Waals surface area (Å²) in [7, 11) is 1.56. The highest BCUT2D eigenvalue weighted by atomic mass is 16.5. The van der Waals surface area contributed by atoms with Crippen LogP contribution in [0, 0.1) is 0 Å². The maximum Gasteiger partial charge on any atom is 0.252 e. The van der Waals surface area contributed by atoms with Gasteiger partial charge in [0.05, 0.1) is 12.7 Å². The highest BCUT2D eigenvalue weighted by Crippen LogP contribution is 2.29. The molecule has 0 radical (unpaired) electrons. The van der Waals surface area contributed by atoms with E-state index in [1.165, 1.54) is 6.07 Å². The molecule has 5 nitrogen and oxygen atoms in total. The summed E-state index contributed by atoms with van der Waals surface area (Å²) in [5.41, 5.74) is 11.7. The zero-order chi connectivity index (χ0) is 13.8. The van der Waals surface area contributed by atoms with Crippen LogP contribution in [0.15, 0.2) is 42.5 Å². The molecule has 0 atom stereocenters. The van der Waals surface area contributed by atoms with Crippen molar-refractivity contribution in [1.82, 2.24) is 0 Å². The second-order valence-electron chi connectivity index (χ2n) is 3.90. The largest absolute Gasteiger partial charge is 0.497 e. The summed E-state index contributed by atoms with van der Waals surface area (Å²) in [6.45, 7) is 0. The Labute approximate surface area is 110 Å². The lowest BCUT2D eigenvalue weighted by molar-refractivity contribution is 0.0998. The maximum atomic E-state index is 11.3. The Morgan fingerprint density at radius 1 is 1.11 bits per heavy atom. The summed E-state index contributed by atoms with van der Waals surface area (Å²) < 4.78 is 10.7. The molecule has 0 aliphatic rings. The molecule has 2 aromatic carbocycles. The number of methoxy groups -OCH3 is 1. The minimum Gasteiger partial charge on any atom is -0.497 e. The van der Waals surface area contributed by atoms with Crippen molar-refractivity contribution in [2.75, 3.05) is 12.8 Å². The van der Waals surface area contributed by atoms with Gasteiger partial charge in [0.1, 0.15) is 17.2 Å². The van der Waals surface area contributed by atoms with Gasteiger partial charge < -0.3 is 20.9 Å². The first kappa shape index (κ1) is 12.8. The Bertz CT molecular complexity index is 611. The Morgan fingerprint density at radius 3 is 2.53 bits per heavy atom. The molecule has 0 heterocycles. The van der Waals surface area contributed by atoms with Crippen LogP contribution in [0.5, 0.6) is 17.2 Å². The second-order valence-corrected chi connectivity index (χ2v) is 3.90. The predicted molar refractivity (Wildman–Crippen MR) is 72.4 cm³/mol. The minimum atomic E-state index is -0.571. The van der Waals surface area contributed by atoms with Gasteiger partial charge in [-0.25, -0.2) is 0 Å². The summed E-state index contributed by atoms with van der Waals surface area (Å²) in [6, 6.07) is 11.7. The molecule has 0 fully saturated rings. The number of anilines is 1. The molecule has 0 aliphatic heterocycles. The average molecular weight is 258 g/mol. The van der Waals surface area contributed by atoms with Crippen molar-refractivity contribution in [3.8, 4) is 17.2 Å². The molecular formula is C14H14N2O3. The molecule has 0 bridgehead atoms. The lowest BCUT2D eigenvalue weighted by Crippen LogP contribution is -2.12. The number of hydrogen-bond donors (Lipinski definition) is 2. The summed E-state index contributed by atoms with van der Waals surface area (Å²) in [5.74, 6) is 0.938. The third-order valence-corrected chi connectivity index (χ3v) is 2.54. The molecule has 2 rings (SSSR count). The fourth-order valence-electron chi connectivity index (χ4n) is 1.62. The number of primary amides is 1. The van der Waals surface area contributed by atoms with Crippen molar-refractivity contribution in [1.29, 1.82) is 0 Å². The number of carbonyl (C=O) groups excluding carboxylic acids is 1. The number of ether oxygens (including phenoxy) is 2. The molecule has 0 saturated carbocycles. The Kier molecular flexibility index (Phi) is 3.56. The van der Waals surface area contributed by atoms with Crippen LogP contribution in [0.3, 0.4) is 0 Å². The van der Waals surface area contributed by atoms with Crippen molar-refractivity contribution in [2.45, 2.75) is 0 Å². The van der Waals surface area contributed by atoms with E-state index < -0.39 is 5.91 Å². The molecule has 0 saturated heterocycles. The normalized spacial score (nSPS) is 9.95. The number of hydrogen-bond acceptors (Lipinski definition) is 4. The lowest BCUT2D eigenvalue weighted by atomic mass is 10.1. The van der Waals surface area contributed by atoms with Crippen LogP contribution in [-0.4, -0.2) is 13.0 Å². The van der Waals surface area contributed by atoms with E-state index in [9.17, 15) is 4.79 Å². The van der Waals surface area contributed by atoms with Gasteiger partial charge >= 0.3 is 0 Å². The summed E-state index contributed by atoms with van der Waals surface area (Å²) in [5, 5.41) is 0. The first-order valence-corrected chi connectivity index (χ1v) is 5.61. The topological polar surface area (TPSA) is 87.6 Å². The molecule has 2 aromatic rings. The minimum absolute atomic E-state index is 0.275. The van der Waals surface area contributed by atoms with E-state index in [0.29, 0.717) is 22.9 Å². The van der Waals surface area contributed by atoms with Crippen LogP contribution < -0.4 is 20.9 Å². The summed E-state index contributed by atoms with van der Waals surface area (Å²) in [6.07, 6.45) is 0. The second kappa shape index (κ2) is 5.30. The Balaban J connectivity index is 2.36. The van der Waals surface area contributed by atoms with Crippen molar-refractivity contribution in [2.24, 2.45) is 5.73 Å². The monoisotopic (exact) mass is 258 g/mol. The first-order chi connectivity index (χ1) is 9.10. The third-order valence-electron chi connectivity index (χ3n) is 2.54. The summed E-state index contributed by atoms with van der Waals surface area (Å²) >= 11 is 0. The molecule has 0 aliphatic carbocycles. The van der Waals surface area contributed by atoms with Crippen molar-refractivity contribution in [3.63, 3.8) is 0 Å². The van der Waals surface area contributed by atoms with Crippen LogP contribution in [-0.2, 0) is 0 Å². The van der Waals surface area contributed by atoms with Crippen LogP contribution in [0.1, 0.15) is 10.4 Å². The van der Waals surface area contributed by atoms with E-state index in [0.717, 1.165) is 0 Å². The number of carbonyl (C=O) groups is 1. The number of nitrogens with two attached hydrogens (primary N) is 2. The van der Waals surface area contributed by atoms with Crippen molar-refractivity contribution >= 4 is 11.6 Å². The molecule has 0 aromatic heterocycles. The van der Waals surface area contributed by atoms with Gasteiger partial charge in [0.25, 0.3) is 5.91 Å². The molecule has 4 N–H and O–H groups in total. The van der Waals surface area contributed by atoms with Crippen molar-refractivity contribution < 1.29 is 14.3 Å². The molecular weight excluding hydrogens is 244 g/mol. The Morgan fingerprint density at radius 2 is 1.84 bits per heavy atom. The SMILES string of the molecule is COc1cccc(Oc2cc(N)ccc2C(N)=O)c1.